The first kappa shape index (κ1) is 15.0. The number of aromatic amines is 1. The quantitative estimate of drug-likeness (QED) is 0.659. The van der Waals surface area contributed by atoms with Gasteiger partial charge >= 0.3 is 12.0 Å². The molecule has 21 heavy (non-hydrogen) atoms. The van der Waals surface area contributed by atoms with Gasteiger partial charge in [0.1, 0.15) is 6.04 Å². The number of anilines is 1. The third kappa shape index (κ3) is 4.32. The third-order valence-electron chi connectivity index (χ3n) is 2.70. The highest BCUT2D eigenvalue weighted by molar-refractivity contribution is 9.10. The summed E-state index contributed by atoms with van der Waals surface area (Å²) in [6.45, 7) is 0. The van der Waals surface area contributed by atoms with Gasteiger partial charge in [0.25, 0.3) is 0 Å². The van der Waals surface area contributed by atoms with Gasteiger partial charge in [-0.2, -0.15) is 0 Å². The number of carboxylic acid groups (broad SMARTS) is 1. The lowest BCUT2D eigenvalue weighted by molar-refractivity contribution is -0.139. The van der Waals surface area contributed by atoms with Gasteiger partial charge in [-0.05, 0) is 28.1 Å². The maximum atomic E-state index is 11.9. The number of H-pyrrole nitrogens is 1. The maximum Gasteiger partial charge on any atom is 0.326 e. The van der Waals surface area contributed by atoms with Crippen molar-refractivity contribution in [2.75, 3.05) is 5.32 Å². The van der Waals surface area contributed by atoms with Gasteiger partial charge in [0.05, 0.1) is 12.0 Å². The molecule has 8 heteroatoms. The molecule has 7 nitrogen and oxygen atoms in total. The number of halogens is 1. The summed E-state index contributed by atoms with van der Waals surface area (Å²) in [7, 11) is 0. The van der Waals surface area contributed by atoms with Gasteiger partial charge in [0.2, 0.25) is 0 Å². The van der Waals surface area contributed by atoms with Crippen LogP contribution >= 0.6 is 15.9 Å². The molecular formula is C13H13BrN4O3. The highest BCUT2D eigenvalue weighted by atomic mass is 79.9. The number of carboxylic acids is 1. The first-order valence-electron chi connectivity index (χ1n) is 6.08. The van der Waals surface area contributed by atoms with E-state index in [0.717, 1.165) is 0 Å². The Morgan fingerprint density at radius 2 is 2.14 bits per heavy atom. The summed E-state index contributed by atoms with van der Waals surface area (Å²) in [5.74, 6) is -1.12. The van der Waals surface area contributed by atoms with Crippen LogP contribution in [0.2, 0.25) is 0 Å². The highest BCUT2D eigenvalue weighted by Gasteiger charge is 2.21. The normalized spacial score (nSPS) is 11.7. The Hall–Kier alpha value is -2.35. The number of hydrogen-bond donors (Lipinski definition) is 4. The topological polar surface area (TPSA) is 107 Å². The average molecular weight is 353 g/mol. The van der Waals surface area contributed by atoms with Crippen LogP contribution in [0.15, 0.2) is 41.3 Å². The summed E-state index contributed by atoms with van der Waals surface area (Å²) in [5, 5.41) is 14.2. The zero-order valence-corrected chi connectivity index (χ0v) is 12.4. The van der Waals surface area contributed by atoms with Crippen molar-refractivity contribution in [1.82, 2.24) is 15.3 Å². The first-order valence-corrected chi connectivity index (χ1v) is 6.87. The molecule has 0 fully saturated rings. The molecular weight excluding hydrogens is 340 g/mol. The number of amides is 2. The van der Waals surface area contributed by atoms with Gasteiger partial charge in [0.15, 0.2) is 0 Å². The maximum absolute atomic E-state index is 11.9. The van der Waals surface area contributed by atoms with Crippen LogP contribution in [0.1, 0.15) is 5.69 Å². The number of carbonyl (C=O) groups excluding carboxylic acids is 1. The number of aliphatic carboxylic acids is 1. The minimum atomic E-state index is -1.12. The molecule has 110 valence electrons. The monoisotopic (exact) mass is 352 g/mol. The van der Waals surface area contributed by atoms with Crippen molar-refractivity contribution in [3.05, 3.63) is 47.0 Å². The number of rotatable bonds is 5. The standard InChI is InChI=1S/C13H13BrN4O3/c14-9-3-1-2-4-10(9)17-13(21)18-11(12(19)20)5-8-6-15-7-16-8/h1-4,6-7,11H,5H2,(H,15,16)(H,19,20)(H2,17,18,21)/t11-/m1/s1. The second-order valence-corrected chi connectivity index (χ2v) is 5.10. The molecule has 2 amide bonds. The van der Waals surface area contributed by atoms with E-state index in [0.29, 0.717) is 15.9 Å². The third-order valence-corrected chi connectivity index (χ3v) is 3.40. The van der Waals surface area contributed by atoms with E-state index in [4.69, 9.17) is 5.11 Å². The molecule has 1 atom stereocenters. The molecule has 0 saturated carbocycles. The molecule has 2 aromatic rings. The Morgan fingerprint density at radius 3 is 2.76 bits per heavy atom. The highest BCUT2D eigenvalue weighted by Crippen LogP contribution is 2.20. The van der Waals surface area contributed by atoms with Crippen molar-refractivity contribution in [1.29, 1.82) is 0 Å². The lowest BCUT2D eigenvalue weighted by atomic mass is 10.2. The summed E-state index contributed by atoms with van der Waals surface area (Å²) in [4.78, 5) is 29.7. The van der Waals surface area contributed by atoms with Crippen molar-refractivity contribution in [3.8, 4) is 0 Å². The summed E-state index contributed by atoms with van der Waals surface area (Å²) < 4.78 is 0.709. The summed E-state index contributed by atoms with van der Waals surface area (Å²) in [6.07, 6.45) is 3.09. The number of imidazole rings is 1. The number of para-hydroxylation sites is 1. The molecule has 0 radical (unpaired) electrons. The van der Waals surface area contributed by atoms with Crippen molar-refractivity contribution >= 4 is 33.6 Å². The number of carbonyl (C=O) groups is 2. The van der Waals surface area contributed by atoms with Crippen molar-refractivity contribution in [2.24, 2.45) is 0 Å². The second kappa shape index (κ2) is 6.89. The number of hydrogen-bond acceptors (Lipinski definition) is 3. The Morgan fingerprint density at radius 1 is 1.38 bits per heavy atom. The Balaban J connectivity index is 1.98. The van der Waals surface area contributed by atoms with Crippen LogP contribution in [-0.2, 0) is 11.2 Å². The molecule has 1 aromatic heterocycles. The lowest BCUT2D eigenvalue weighted by Gasteiger charge is -2.15. The molecule has 1 aromatic carbocycles. The van der Waals surface area contributed by atoms with Gasteiger partial charge in [-0.3, -0.25) is 0 Å². The van der Waals surface area contributed by atoms with E-state index in [1.54, 1.807) is 18.2 Å². The molecule has 0 spiro atoms. The zero-order chi connectivity index (χ0) is 15.2. The summed E-state index contributed by atoms with van der Waals surface area (Å²) in [6, 6.07) is 5.41. The van der Waals surface area contributed by atoms with Gasteiger partial charge in [-0.1, -0.05) is 12.1 Å². The predicted molar refractivity (Wildman–Crippen MR) is 80.0 cm³/mol. The molecule has 0 aliphatic rings. The summed E-state index contributed by atoms with van der Waals surface area (Å²) in [5.41, 5.74) is 1.18. The molecule has 0 bridgehead atoms. The van der Waals surface area contributed by atoms with Gasteiger partial charge in [-0.15, -0.1) is 0 Å². The molecule has 1 heterocycles. The van der Waals surface area contributed by atoms with E-state index in [2.05, 4.69) is 36.5 Å². The number of nitrogens with zero attached hydrogens (tertiary/aromatic N) is 1. The van der Waals surface area contributed by atoms with E-state index in [1.807, 2.05) is 6.07 Å². The van der Waals surface area contributed by atoms with Crippen LogP contribution in [0.5, 0.6) is 0 Å². The average Bonchev–Trinajstić information content (AvgIpc) is 2.93. The van der Waals surface area contributed by atoms with E-state index < -0.39 is 18.0 Å². The van der Waals surface area contributed by atoms with Crippen LogP contribution in [-0.4, -0.2) is 33.1 Å². The molecule has 4 N–H and O–H groups in total. The van der Waals surface area contributed by atoms with E-state index >= 15 is 0 Å². The van der Waals surface area contributed by atoms with E-state index in [-0.39, 0.29) is 6.42 Å². The molecule has 0 aliphatic carbocycles. The number of urea groups is 1. The van der Waals surface area contributed by atoms with Crippen molar-refractivity contribution < 1.29 is 14.7 Å². The molecule has 2 rings (SSSR count). The van der Waals surface area contributed by atoms with Gasteiger partial charge < -0.3 is 20.7 Å². The van der Waals surface area contributed by atoms with Crippen LogP contribution < -0.4 is 10.6 Å². The van der Waals surface area contributed by atoms with Crippen LogP contribution in [0.3, 0.4) is 0 Å². The predicted octanol–water partition coefficient (Wildman–Crippen LogP) is 1.99. The van der Waals surface area contributed by atoms with E-state index in [9.17, 15) is 9.59 Å². The van der Waals surface area contributed by atoms with Gasteiger partial charge in [0, 0.05) is 22.8 Å². The number of benzene rings is 1. The zero-order valence-electron chi connectivity index (χ0n) is 10.8. The Bertz CT molecular complexity index is 630. The Kier molecular flexibility index (Phi) is 4.94. The number of nitrogens with one attached hydrogen (secondary N) is 3. The van der Waals surface area contributed by atoms with Crippen LogP contribution in [0, 0.1) is 0 Å². The van der Waals surface area contributed by atoms with Crippen LogP contribution in [0.25, 0.3) is 0 Å². The van der Waals surface area contributed by atoms with E-state index in [1.165, 1.54) is 12.5 Å². The number of aromatic nitrogens is 2. The van der Waals surface area contributed by atoms with Gasteiger partial charge in [-0.25, -0.2) is 14.6 Å². The van der Waals surface area contributed by atoms with Crippen LogP contribution in [0.4, 0.5) is 10.5 Å². The lowest BCUT2D eigenvalue weighted by Crippen LogP contribution is -2.44. The summed E-state index contributed by atoms with van der Waals surface area (Å²) >= 11 is 3.30. The largest absolute Gasteiger partial charge is 0.480 e. The fourth-order valence-electron chi connectivity index (χ4n) is 1.70. The van der Waals surface area contributed by atoms with Crippen molar-refractivity contribution in [2.45, 2.75) is 12.5 Å². The minimum absolute atomic E-state index is 0.124. The first-order chi connectivity index (χ1) is 10.1. The molecule has 0 saturated heterocycles. The molecule has 0 aliphatic heterocycles. The SMILES string of the molecule is O=C(Nc1ccccc1Br)N[C@H](Cc1cnc[nH]1)C(=O)O. The second-order valence-electron chi connectivity index (χ2n) is 4.25. The van der Waals surface area contributed by atoms with Crippen molar-refractivity contribution in [3.63, 3.8) is 0 Å². The Labute approximate surface area is 128 Å². The fraction of sp³-hybridized carbons (Fsp3) is 0.154. The minimum Gasteiger partial charge on any atom is -0.480 e. The smallest absolute Gasteiger partial charge is 0.326 e. The molecule has 0 unspecified atom stereocenters. The fourth-order valence-corrected chi connectivity index (χ4v) is 2.08.